The molecule has 0 radical (unpaired) electrons. The summed E-state index contributed by atoms with van der Waals surface area (Å²) in [5.41, 5.74) is 6.51. The van der Waals surface area contributed by atoms with E-state index in [1.54, 1.807) is 0 Å². The summed E-state index contributed by atoms with van der Waals surface area (Å²) in [5, 5.41) is 13.5. The molecule has 2 aliphatic carbocycles. The zero-order chi connectivity index (χ0) is 14.3. The molecule has 0 bridgehead atoms. The van der Waals surface area contributed by atoms with Crippen LogP contribution in [0.3, 0.4) is 0 Å². The van der Waals surface area contributed by atoms with Crippen LogP contribution in [-0.2, 0) is 4.74 Å². The van der Waals surface area contributed by atoms with Crippen molar-refractivity contribution in [1.29, 1.82) is 5.26 Å². The fourth-order valence-electron chi connectivity index (χ4n) is 2.58. The molecule has 0 aromatic carbocycles. The Hall–Kier alpha value is -1.74. The Labute approximate surface area is 121 Å². The number of rotatable bonds is 5. The van der Waals surface area contributed by atoms with E-state index in [1.807, 2.05) is 0 Å². The molecule has 3 rings (SSSR count). The highest BCUT2D eigenvalue weighted by molar-refractivity contribution is 7.18. The lowest BCUT2D eigenvalue weighted by Crippen LogP contribution is -2.24. The van der Waals surface area contributed by atoms with Gasteiger partial charge in [-0.15, -0.1) is 11.3 Å². The molecule has 1 aromatic rings. The first-order valence-corrected chi connectivity index (χ1v) is 7.64. The summed E-state index contributed by atoms with van der Waals surface area (Å²) in [7, 11) is 1.32. The largest absolute Gasteiger partial charge is 0.465 e. The number of thiophene rings is 1. The minimum atomic E-state index is -0.480. The summed E-state index contributed by atoms with van der Waals surface area (Å²) in [6.07, 6.45) is 5.00. The minimum Gasteiger partial charge on any atom is -0.465 e. The first-order valence-electron chi connectivity index (χ1n) is 6.83. The fraction of sp³-hybridized carbons (Fsp3) is 0.571. The number of carbonyl (C=O) groups is 1. The first kappa shape index (κ1) is 13.3. The second kappa shape index (κ2) is 4.98. The van der Waals surface area contributed by atoms with Gasteiger partial charge in [0.25, 0.3) is 0 Å². The molecule has 0 amide bonds. The Bertz CT molecular complexity index is 570. The van der Waals surface area contributed by atoms with Crippen molar-refractivity contribution in [2.45, 2.75) is 31.7 Å². The highest BCUT2D eigenvalue weighted by Gasteiger charge is 2.42. The minimum absolute atomic E-state index is 0.234. The van der Waals surface area contributed by atoms with E-state index in [2.05, 4.69) is 11.4 Å². The van der Waals surface area contributed by atoms with E-state index < -0.39 is 5.97 Å². The van der Waals surface area contributed by atoms with Gasteiger partial charge in [-0.25, -0.2) is 4.79 Å². The summed E-state index contributed by atoms with van der Waals surface area (Å²) in [4.78, 5) is 12.0. The second-order valence-electron chi connectivity index (χ2n) is 5.50. The number of nitriles is 1. The highest BCUT2D eigenvalue weighted by atomic mass is 32.1. The Balaban J connectivity index is 1.88. The van der Waals surface area contributed by atoms with Crippen molar-refractivity contribution in [2.24, 2.45) is 11.8 Å². The van der Waals surface area contributed by atoms with Crippen molar-refractivity contribution in [3.63, 3.8) is 0 Å². The van der Waals surface area contributed by atoms with E-state index in [9.17, 15) is 10.1 Å². The molecule has 0 unspecified atom stereocenters. The number of carbonyl (C=O) groups excluding carboxylic acids is 1. The average molecular weight is 291 g/mol. The maximum atomic E-state index is 11.7. The Morgan fingerprint density at radius 2 is 2.05 bits per heavy atom. The van der Waals surface area contributed by atoms with Crippen LogP contribution in [0.4, 0.5) is 10.7 Å². The Morgan fingerprint density at radius 3 is 2.50 bits per heavy atom. The summed E-state index contributed by atoms with van der Waals surface area (Å²) < 4.78 is 4.71. The maximum absolute atomic E-state index is 11.7. The molecule has 20 heavy (non-hydrogen) atoms. The normalized spacial score (nSPS) is 17.9. The molecule has 5 nitrogen and oxygen atoms in total. The lowest BCUT2D eigenvalue weighted by molar-refractivity contribution is 0.0607. The van der Waals surface area contributed by atoms with Crippen molar-refractivity contribution in [3.05, 3.63) is 10.4 Å². The van der Waals surface area contributed by atoms with Gasteiger partial charge < -0.3 is 15.8 Å². The molecule has 0 aliphatic heterocycles. The van der Waals surface area contributed by atoms with Gasteiger partial charge in [0.15, 0.2) is 0 Å². The van der Waals surface area contributed by atoms with Crippen molar-refractivity contribution in [2.75, 3.05) is 18.2 Å². The molecular formula is C14H17N3O2S. The van der Waals surface area contributed by atoms with E-state index >= 15 is 0 Å². The number of ether oxygens (including phenoxy) is 1. The van der Waals surface area contributed by atoms with Crippen molar-refractivity contribution in [1.82, 2.24) is 0 Å². The van der Waals surface area contributed by atoms with Crippen LogP contribution in [0, 0.1) is 23.2 Å². The van der Waals surface area contributed by atoms with Crippen LogP contribution in [0.2, 0.25) is 0 Å². The van der Waals surface area contributed by atoms with E-state index in [0.717, 1.165) is 0 Å². The zero-order valence-corrected chi connectivity index (χ0v) is 12.1. The first-order chi connectivity index (χ1) is 9.65. The topological polar surface area (TPSA) is 88.1 Å². The number of nitrogen functional groups attached to an aromatic ring is 1. The van der Waals surface area contributed by atoms with Crippen LogP contribution in [0.15, 0.2) is 0 Å². The van der Waals surface area contributed by atoms with Gasteiger partial charge in [0.05, 0.1) is 12.8 Å². The molecular weight excluding hydrogens is 274 g/mol. The molecule has 2 saturated carbocycles. The molecule has 3 N–H and O–H groups in total. The van der Waals surface area contributed by atoms with Gasteiger partial charge in [-0.05, 0) is 37.5 Å². The third-order valence-electron chi connectivity index (χ3n) is 3.99. The quantitative estimate of drug-likeness (QED) is 0.814. The number of hydrogen-bond donors (Lipinski definition) is 2. The monoisotopic (exact) mass is 291 g/mol. The molecule has 0 spiro atoms. The standard InChI is InChI=1S/C14H17N3O2S/c1-19-14(18)12-10(16)9(6-15)13(20-12)17-11(7-2-3-7)8-4-5-8/h7-8,11,17H,2-5,16H2,1H3. The predicted octanol–water partition coefficient (Wildman–Crippen LogP) is 2.59. The van der Waals surface area contributed by atoms with Crippen LogP contribution < -0.4 is 11.1 Å². The van der Waals surface area contributed by atoms with Gasteiger partial charge >= 0.3 is 5.97 Å². The number of nitrogens with zero attached hydrogens (tertiary/aromatic N) is 1. The van der Waals surface area contributed by atoms with Gasteiger partial charge in [0.1, 0.15) is 21.5 Å². The maximum Gasteiger partial charge on any atom is 0.350 e. The average Bonchev–Trinajstić information content (AvgIpc) is 3.34. The number of hydrogen-bond acceptors (Lipinski definition) is 6. The lowest BCUT2D eigenvalue weighted by Gasteiger charge is -2.17. The van der Waals surface area contributed by atoms with E-state index in [4.69, 9.17) is 10.5 Å². The molecule has 0 saturated heterocycles. The zero-order valence-electron chi connectivity index (χ0n) is 11.3. The van der Waals surface area contributed by atoms with Gasteiger partial charge in [-0.3, -0.25) is 0 Å². The summed E-state index contributed by atoms with van der Waals surface area (Å²) in [6, 6.07) is 2.52. The van der Waals surface area contributed by atoms with Crippen LogP contribution in [0.1, 0.15) is 40.9 Å². The van der Waals surface area contributed by atoms with E-state index in [1.165, 1.54) is 44.1 Å². The number of anilines is 2. The van der Waals surface area contributed by atoms with Crippen LogP contribution in [0.25, 0.3) is 0 Å². The molecule has 106 valence electrons. The highest BCUT2D eigenvalue weighted by Crippen LogP contribution is 2.47. The van der Waals surface area contributed by atoms with Gasteiger partial charge in [0.2, 0.25) is 0 Å². The van der Waals surface area contributed by atoms with E-state index in [-0.39, 0.29) is 5.69 Å². The van der Waals surface area contributed by atoms with Crippen LogP contribution in [-0.4, -0.2) is 19.1 Å². The molecule has 1 aromatic heterocycles. The van der Waals surface area contributed by atoms with Gasteiger partial charge in [-0.2, -0.15) is 5.26 Å². The molecule has 6 heteroatoms. The fourth-order valence-corrected chi connectivity index (χ4v) is 3.62. The smallest absolute Gasteiger partial charge is 0.350 e. The van der Waals surface area contributed by atoms with Gasteiger partial charge in [0, 0.05) is 6.04 Å². The van der Waals surface area contributed by atoms with Crippen LogP contribution >= 0.6 is 11.3 Å². The Kier molecular flexibility index (Phi) is 3.30. The summed E-state index contributed by atoms with van der Waals surface area (Å²) in [5.74, 6) is 0.935. The molecule has 2 aliphatic rings. The third-order valence-corrected chi connectivity index (χ3v) is 5.10. The molecule has 0 atom stereocenters. The number of nitrogens with two attached hydrogens (primary N) is 1. The SMILES string of the molecule is COC(=O)c1sc(NC(C2CC2)C2CC2)c(C#N)c1N. The summed E-state index contributed by atoms with van der Waals surface area (Å²) in [6.45, 7) is 0. The van der Waals surface area contributed by atoms with Crippen LogP contribution in [0.5, 0.6) is 0 Å². The third kappa shape index (κ3) is 2.34. The van der Waals surface area contributed by atoms with Crippen molar-refractivity contribution < 1.29 is 9.53 Å². The number of esters is 1. The summed E-state index contributed by atoms with van der Waals surface area (Å²) >= 11 is 1.23. The lowest BCUT2D eigenvalue weighted by atomic mass is 10.1. The number of nitrogens with one attached hydrogen (secondary N) is 1. The van der Waals surface area contributed by atoms with E-state index in [0.29, 0.717) is 33.3 Å². The Morgan fingerprint density at radius 1 is 1.45 bits per heavy atom. The second-order valence-corrected chi connectivity index (χ2v) is 6.52. The number of methoxy groups -OCH3 is 1. The van der Waals surface area contributed by atoms with Crippen molar-refractivity contribution >= 4 is 28.0 Å². The van der Waals surface area contributed by atoms with Gasteiger partial charge in [-0.1, -0.05) is 0 Å². The van der Waals surface area contributed by atoms with Crippen molar-refractivity contribution in [3.8, 4) is 6.07 Å². The predicted molar refractivity (Wildman–Crippen MR) is 77.6 cm³/mol. The molecule has 1 heterocycles. The molecule has 2 fully saturated rings.